The first-order chi connectivity index (χ1) is 8.33. The van der Waals surface area contributed by atoms with E-state index < -0.39 is 5.60 Å². The molecule has 0 spiro atoms. The summed E-state index contributed by atoms with van der Waals surface area (Å²) in [6.45, 7) is 9.25. The van der Waals surface area contributed by atoms with E-state index in [1.54, 1.807) is 21.0 Å². The van der Waals surface area contributed by atoms with Gasteiger partial charge in [0.25, 0.3) is 0 Å². The Morgan fingerprint density at radius 1 is 1.33 bits per heavy atom. The van der Waals surface area contributed by atoms with Gasteiger partial charge in [0, 0.05) is 13.1 Å². The maximum Gasteiger partial charge on any atom is 0.122 e. The molecular weight excluding hydrogens is 226 g/mol. The second-order valence-electron chi connectivity index (χ2n) is 5.65. The molecule has 0 unspecified atom stereocenters. The molecule has 0 amide bonds. The molecule has 18 heavy (non-hydrogen) atoms. The zero-order chi connectivity index (χ0) is 13.8. The molecule has 0 saturated carbocycles. The normalized spacial score (nSPS) is 11.9. The molecule has 0 aliphatic rings. The van der Waals surface area contributed by atoms with Gasteiger partial charge in [0.2, 0.25) is 0 Å². The van der Waals surface area contributed by atoms with Gasteiger partial charge in [-0.05, 0) is 37.0 Å². The van der Waals surface area contributed by atoms with E-state index in [2.05, 4.69) is 31.3 Å². The van der Waals surface area contributed by atoms with Crippen LogP contribution in [-0.2, 0) is 6.54 Å². The van der Waals surface area contributed by atoms with Gasteiger partial charge in [-0.3, -0.25) is 0 Å². The van der Waals surface area contributed by atoms with E-state index in [4.69, 9.17) is 4.74 Å². The highest BCUT2D eigenvalue weighted by molar-refractivity contribution is 5.39. The molecule has 0 aromatic heterocycles. The minimum absolute atomic E-state index is 0.439. The summed E-state index contributed by atoms with van der Waals surface area (Å²) in [6, 6.07) is 6.24. The number of ether oxygens (including phenoxy) is 1. The van der Waals surface area contributed by atoms with Crippen molar-refractivity contribution in [3.05, 3.63) is 29.3 Å². The third-order valence-corrected chi connectivity index (χ3v) is 2.80. The lowest BCUT2D eigenvalue weighted by Crippen LogP contribution is -2.34. The molecule has 1 rings (SSSR count). The number of aliphatic hydroxyl groups is 1. The van der Waals surface area contributed by atoms with E-state index in [1.165, 1.54) is 11.1 Å². The maximum atomic E-state index is 9.64. The fourth-order valence-corrected chi connectivity index (χ4v) is 1.86. The first-order valence-electron chi connectivity index (χ1n) is 6.43. The molecule has 3 heteroatoms. The Bertz CT molecular complexity index is 381. The summed E-state index contributed by atoms with van der Waals surface area (Å²) in [5, 5.41) is 12.9. The molecule has 102 valence electrons. The summed E-state index contributed by atoms with van der Waals surface area (Å²) in [4.78, 5) is 0. The molecule has 0 fully saturated rings. The minimum Gasteiger partial charge on any atom is -0.496 e. The van der Waals surface area contributed by atoms with Crippen molar-refractivity contribution in [2.24, 2.45) is 0 Å². The van der Waals surface area contributed by atoms with Gasteiger partial charge in [0.15, 0.2) is 0 Å². The van der Waals surface area contributed by atoms with Crippen molar-refractivity contribution in [1.82, 2.24) is 5.32 Å². The molecule has 0 aliphatic carbocycles. The third-order valence-electron chi connectivity index (χ3n) is 2.80. The second-order valence-corrected chi connectivity index (χ2v) is 5.65. The quantitative estimate of drug-likeness (QED) is 0.816. The van der Waals surface area contributed by atoms with E-state index in [0.29, 0.717) is 12.5 Å². The first-order valence-corrected chi connectivity index (χ1v) is 6.43. The number of hydrogen-bond donors (Lipinski definition) is 2. The van der Waals surface area contributed by atoms with E-state index in [-0.39, 0.29) is 0 Å². The molecule has 0 bridgehead atoms. The van der Waals surface area contributed by atoms with Crippen molar-refractivity contribution in [2.75, 3.05) is 13.7 Å². The van der Waals surface area contributed by atoms with Gasteiger partial charge in [-0.25, -0.2) is 0 Å². The Labute approximate surface area is 110 Å². The third kappa shape index (κ3) is 4.67. The number of benzene rings is 1. The van der Waals surface area contributed by atoms with Crippen LogP contribution in [0.2, 0.25) is 0 Å². The highest BCUT2D eigenvalue weighted by Gasteiger charge is 2.12. The highest BCUT2D eigenvalue weighted by Crippen LogP contribution is 2.27. The molecule has 0 heterocycles. The van der Waals surface area contributed by atoms with Gasteiger partial charge in [-0.15, -0.1) is 0 Å². The van der Waals surface area contributed by atoms with Crippen LogP contribution in [0.5, 0.6) is 5.75 Å². The largest absolute Gasteiger partial charge is 0.496 e. The predicted molar refractivity (Wildman–Crippen MR) is 75.1 cm³/mol. The summed E-state index contributed by atoms with van der Waals surface area (Å²) in [7, 11) is 1.70. The zero-order valence-electron chi connectivity index (χ0n) is 12.1. The summed E-state index contributed by atoms with van der Waals surface area (Å²) in [6.07, 6.45) is 0. The van der Waals surface area contributed by atoms with Crippen LogP contribution in [0.4, 0.5) is 0 Å². The van der Waals surface area contributed by atoms with Gasteiger partial charge < -0.3 is 15.2 Å². The van der Waals surface area contributed by atoms with E-state index in [1.807, 2.05) is 6.07 Å². The van der Waals surface area contributed by atoms with Crippen LogP contribution in [0.1, 0.15) is 44.7 Å². The Morgan fingerprint density at radius 3 is 2.50 bits per heavy atom. The summed E-state index contributed by atoms with van der Waals surface area (Å²) in [5.41, 5.74) is 1.76. The Balaban J connectivity index is 2.70. The van der Waals surface area contributed by atoms with Crippen LogP contribution in [0.3, 0.4) is 0 Å². The van der Waals surface area contributed by atoms with Crippen molar-refractivity contribution in [3.63, 3.8) is 0 Å². The van der Waals surface area contributed by atoms with E-state index >= 15 is 0 Å². The van der Waals surface area contributed by atoms with Crippen molar-refractivity contribution >= 4 is 0 Å². The van der Waals surface area contributed by atoms with Gasteiger partial charge in [-0.1, -0.05) is 26.0 Å². The molecule has 1 aromatic rings. The van der Waals surface area contributed by atoms with E-state index in [9.17, 15) is 5.11 Å². The van der Waals surface area contributed by atoms with Gasteiger partial charge in [0.1, 0.15) is 5.75 Å². The van der Waals surface area contributed by atoms with Gasteiger partial charge in [-0.2, -0.15) is 0 Å². The van der Waals surface area contributed by atoms with Crippen LogP contribution < -0.4 is 10.1 Å². The molecule has 0 atom stereocenters. The average Bonchev–Trinajstić information content (AvgIpc) is 2.27. The number of nitrogens with one attached hydrogen (secondary N) is 1. The molecule has 0 radical (unpaired) electrons. The smallest absolute Gasteiger partial charge is 0.122 e. The van der Waals surface area contributed by atoms with Gasteiger partial charge in [0.05, 0.1) is 12.7 Å². The number of rotatable bonds is 6. The lowest BCUT2D eigenvalue weighted by molar-refractivity contribution is 0.0795. The zero-order valence-corrected chi connectivity index (χ0v) is 12.1. The van der Waals surface area contributed by atoms with E-state index in [0.717, 1.165) is 12.3 Å². The second kappa shape index (κ2) is 6.21. The Kier molecular flexibility index (Phi) is 5.17. The van der Waals surface area contributed by atoms with Gasteiger partial charge >= 0.3 is 0 Å². The SMILES string of the molecule is COc1ccc(CNCC(C)(C)O)cc1C(C)C. The molecule has 3 nitrogen and oxygen atoms in total. The lowest BCUT2D eigenvalue weighted by Gasteiger charge is -2.18. The molecule has 0 aliphatic heterocycles. The summed E-state index contributed by atoms with van der Waals surface area (Å²) >= 11 is 0. The average molecular weight is 251 g/mol. The minimum atomic E-state index is -0.673. The fourth-order valence-electron chi connectivity index (χ4n) is 1.86. The first kappa shape index (κ1) is 15.0. The summed E-state index contributed by atoms with van der Waals surface area (Å²) < 4.78 is 5.36. The van der Waals surface area contributed by atoms with Crippen LogP contribution in [0, 0.1) is 0 Å². The summed E-state index contributed by atoms with van der Waals surface area (Å²) in [5.74, 6) is 1.38. The Hall–Kier alpha value is -1.06. The van der Waals surface area contributed by atoms with Crippen LogP contribution in [-0.4, -0.2) is 24.4 Å². The standard InChI is InChI=1S/C15H25NO2/c1-11(2)13-8-12(6-7-14(13)18-5)9-16-10-15(3,4)17/h6-8,11,16-17H,9-10H2,1-5H3. The predicted octanol–water partition coefficient (Wildman–Crippen LogP) is 2.68. The van der Waals surface area contributed by atoms with Crippen LogP contribution in [0.15, 0.2) is 18.2 Å². The Morgan fingerprint density at radius 2 is 2.00 bits per heavy atom. The maximum absolute atomic E-state index is 9.64. The monoisotopic (exact) mass is 251 g/mol. The molecule has 1 aromatic carbocycles. The van der Waals surface area contributed by atoms with Crippen molar-refractivity contribution in [2.45, 2.75) is 45.8 Å². The highest BCUT2D eigenvalue weighted by atomic mass is 16.5. The van der Waals surface area contributed by atoms with Crippen molar-refractivity contribution in [1.29, 1.82) is 0 Å². The lowest BCUT2D eigenvalue weighted by atomic mass is 9.99. The van der Waals surface area contributed by atoms with Crippen LogP contribution >= 0.6 is 0 Å². The topological polar surface area (TPSA) is 41.5 Å². The van der Waals surface area contributed by atoms with Crippen LogP contribution in [0.25, 0.3) is 0 Å². The fraction of sp³-hybridized carbons (Fsp3) is 0.600. The number of methoxy groups -OCH3 is 1. The van der Waals surface area contributed by atoms with Crippen molar-refractivity contribution in [3.8, 4) is 5.75 Å². The molecule has 2 N–H and O–H groups in total. The number of hydrogen-bond acceptors (Lipinski definition) is 3. The molecule has 0 saturated heterocycles. The molecular formula is C15H25NO2. The van der Waals surface area contributed by atoms with Crippen molar-refractivity contribution < 1.29 is 9.84 Å².